The van der Waals surface area contributed by atoms with Crippen LogP contribution in [0.4, 0.5) is 0 Å². The van der Waals surface area contributed by atoms with Crippen molar-refractivity contribution in [1.29, 1.82) is 0 Å². The quantitative estimate of drug-likeness (QED) is 0.675. The van der Waals surface area contributed by atoms with Gasteiger partial charge >= 0.3 is 0 Å². The smallest absolute Gasteiger partial charge is 0.00673 e. The first kappa shape index (κ1) is 10.0. The lowest BCUT2D eigenvalue weighted by Crippen LogP contribution is -2.28. The first-order valence-corrected chi connectivity index (χ1v) is 5.29. The normalized spacial score (nSPS) is 39.0. The highest BCUT2D eigenvalue weighted by Crippen LogP contribution is 2.38. The Morgan fingerprint density at radius 1 is 1.17 bits per heavy atom. The number of rotatable bonds is 2. The van der Waals surface area contributed by atoms with E-state index in [1.807, 2.05) is 0 Å². The molecular formula is C11H23N. The Kier molecular flexibility index (Phi) is 3.16. The minimum Gasteiger partial charge on any atom is -0.327 e. The van der Waals surface area contributed by atoms with Gasteiger partial charge < -0.3 is 5.73 Å². The summed E-state index contributed by atoms with van der Waals surface area (Å²) in [5.74, 6) is 3.26. The van der Waals surface area contributed by atoms with Gasteiger partial charge in [0.05, 0.1) is 0 Å². The zero-order valence-electron chi connectivity index (χ0n) is 8.88. The molecule has 0 aromatic carbocycles. The molecule has 1 aliphatic carbocycles. The summed E-state index contributed by atoms with van der Waals surface area (Å²) in [5.41, 5.74) is 6.01. The lowest BCUT2D eigenvalue weighted by atomic mass is 9.79. The second-order valence-corrected chi connectivity index (χ2v) is 4.87. The first-order valence-electron chi connectivity index (χ1n) is 5.29. The van der Waals surface area contributed by atoms with E-state index in [0.717, 1.165) is 23.7 Å². The van der Waals surface area contributed by atoms with Gasteiger partial charge in [-0.25, -0.2) is 0 Å². The monoisotopic (exact) mass is 169 g/mol. The Morgan fingerprint density at radius 2 is 1.75 bits per heavy atom. The molecule has 1 nitrogen and oxygen atoms in total. The SMILES string of the molecule is CC(C)C(C)C1CCC(N)C1C. The van der Waals surface area contributed by atoms with Gasteiger partial charge in [0, 0.05) is 6.04 Å². The van der Waals surface area contributed by atoms with Gasteiger partial charge in [-0.15, -0.1) is 0 Å². The zero-order valence-corrected chi connectivity index (χ0v) is 8.88. The van der Waals surface area contributed by atoms with Crippen LogP contribution in [0, 0.1) is 23.7 Å². The predicted octanol–water partition coefficient (Wildman–Crippen LogP) is 2.65. The van der Waals surface area contributed by atoms with E-state index in [-0.39, 0.29) is 0 Å². The van der Waals surface area contributed by atoms with E-state index in [9.17, 15) is 0 Å². The highest BCUT2D eigenvalue weighted by Gasteiger charge is 2.34. The van der Waals surface area contributed by atoms with Gasteiger partial charge in [0.25, 0.3) is 0 Å². The topological polar surface area (TPSA) is 26.0 Å². The zero-order chi connectivity index (χ0) is 9.30. The Morgan fingerprint density at radius 3 is 2.08 bits per heavy atom. The summed E-state index contributed by atoms with van der Waals surface area (Å²) in [6.45, 7) is 9.34. The van der Waals surface area contributed by atoms with Gasteiger partial charge in [-0.3, -0.25) is 0 Å². The van der Waals surface area contributed by atoms with Crippen molar-refractivity contribution in [3.63, 3.8) is 0 Å². The Balaban J connectivity index is 2.53. The molecule has 0 bridgehead atoms. The fourth-order valence-corrected chi connectivity index (χ4v) is 2.46. The fraction of sp³-hybridized carbons (Fsp3) is 1.00. The van der Waals surface area contributed by atoms with E-state index in [1.54, 1.807) is 0 Å². The van der Waals surface area contributed by atoms with Crippen LogP contribution >= 0.6 is 0 Å². The van der Waals surface area contributed by atoms with Crippen LogP contribution in [0.1, 0.15) is 40.5 Å². The van der Waals surface area contributed by atoms with E-state index in [2.05, 4.69) is 27.7 Å². The summed E-state index contributed by atoms with van der Waals surface area (Å²) in [6, 6.07) is 0.469. The molecule has 1 saturated carbocycles. The summed E-state index contributed by atoms with van der Waals surface area (Å²) in [7, 11) is 0. The van der Waals surface area contributed by atoms with E-state index in [0.29, 0.717) is 6.04 Å². The summed E-state index contributed by atoms with van der Waals surface area (Å²) in [6.07, 6.45) is 2.59. The molecule has 1 aliphatic rings. The van der Waals surface area contributed by atoms with Crippen LogP contribution in [0.2, 0.25) is 0 Å². The van der Waals surface area contributed by atoms with Crippen LogP contribution in [0.25, 0.3) is 0 Å². The molecule has 0 heterocycles. The minimum absolute atomic E-state index is 0.469. The van der Waals surface area contributed by atoms with Gasteiger partial charge in [0.1, 0.15) is 0 Å². The van der Waals surface area contributed by atoms with E-state index in [1.165, 1.54) is 12.8 Å². The van der Waals surface area contributed by atoms with E-state index < -0.39 is 0 Å². The Bertz CT molecular complexity index is 142. The molecule has 0 aromatic rings. The molecule has 4 atom stereocenters. The molecule has 0 saturated heterocycles. The average molecular weight is 169 g/mol. The molecule has 0 aliphatic heterocycles. The standard InChI is InChI=1S/C11H23N/c1-7(2)8(3)10-5-6-11(12)9(10)4/h7-11H,5-6,12H2,1-4H3. The third-order valence-electron chi connectivity index (χ3n) is 3.91. The van der Waals surface area contributed by atoms with Crippen molar-refractivity contribution in [2.45, 2.75) is 46.6 Å². The van der Waals surface area contributed by atoms with Crippen LogP contribution in [0.5, 0.6) is 0 Å². The van der Waals surface area contributed by atoms with Crippen LogP contribution in [0.3, 0.4) is 0 Å². The van der Waals surface area contributed by atoms with Crippen molar-refractivity contribution in [2.75, 3.05) is 0 Å². The fourth-order valence-electron chi connectivity index (χ4n) is 2.46. The van der Waals surface area contributed by atoms with Crippen molar-refractivity contribution in [1.82, 2.24) is 0 Å². The highest BCUT2D eigenvalue weighted by atomic mass is 14.7. The molecular weight excluding hydrogens is 146 g/mol. The molecule has 1 heteroatoms. The third kappa shape index (κ3) is 1.82. The van der Waals surface area contributed by atoms with Crippen LogP contribution < -0.4 is 5.73 Å². The molecule has 0 spiro atoms. The lowest BCUT2D eigenvalue weighted by molar-refractivity contribution is 0.226. The minimum atomic E-state index is 0.469. The summed E-state index contributed by atoms with van der Waals surface area (Å²) in [5, 5.41) is 0. The molecule has 1 rings (SSSR count). The molecule has 12 heavy (non-hydrogen) atoms. The van der Waals surface area contributed by atoms with Crippen molar-refractivity contribution in [2.24, 2.45) is 29.4 Å². The Labute approximate surface area is 76.7 Å². The van der Waals surface area contributed by atoms with E-state index >= 15 is 0 Å². The maximum atomic E-state index is 6.01. The second-order valence-electron chi connectivity index (χ2n) is 4.87. The average Bonchev–Trinajstić information content (AvgIpc) is 2.32. The molecule has 0 radical (unpaired) electrons. The summed E-state index contributed by atoms with van der Waals surface area (Å²) < 4.78 is 0. The summed E-state index contributed by atoms with van der Waals surface area (Å²) in [4.78, 5) is 0. The third-order valence-corrected chi connectivity index (χ3v) is 3.91. The highest BCUT2D eigenvalue weighted by molar-refractivity contribution is 4.87. The first-order chi connectivity index (χ1) is 5.54. The van der Waals surface area contributed by atoms with Gasteiger partial charge in [0.2, 0.25) is 0 Å². The lowest BCUT2D eigenvalue weighted by Gasteiger charge is -2.27. The largest absolute Gasteiger partial charge is 0.327 e. The maximum Gasteiger partial charge on any atom is 0.00673 e. The Hall–Kier alpha value is -0.0400. The molecule has 1 fully saturated rings. The van der Waals surface area contributed by atoms with Gasteiger partial charge in [-0.05, 0) is 36.5 Å². The molecule has 72 valence electrons. The second kappa shape index (κ2) is 3.78. The van der Waals surface area contributed by atoms with Crippen LogP contribution in [-0.2, 0) is 0 Å². The van der Waals surface area contributed by atoms with Gasteiger partial charge in [-0.2, -0.15) is 0 Å². The maximum absolute atomic E-state index is 6.01. The van der Waals surface area contributed by atoms with Crippen LogP contribution in [0.15, 0.2) is 0 Å². The number of hydrogen-bond donors (Lipinski definition) is 1. The molecule has 0 amide bonds. The molecule has 0 aromatic heterocycles. The molecule has 2 N–H and O–H groups in total. The van der Waals surface area contributed by atoms with E-state index in [4.69, 9.17) is 5.73 Å². The summed E-state index contributed by atoms with van der Waals surface area (Å²) >= 11 is 0. The van der Waals surface area contributed by atoms with Crippen molar-refractivity contribution >= 4 is 0 Å². The van der Waals surface area contributed by atoms with Crippen LogP contribution in [-0.4, -0.2) is 6.04 Å². The van der Waals surface area contributed by atoms with Crippen molar-refractivity contribution in [3.8, 4) is 0 Å². The predicted molar refractivity (Wildman–Crippen MR) is 53.9 cm³/mol. The van der Waals surface area contributed by atoms with Gasteiger partial charge in [-0.1, -0.05) is 27.7 Å². The number of nitrogens with two attached hydrogens (primary N) is 1. The van der Waals surface area contributed by atoms with Crippen molar-refractivity contribution < 1.29 is 0 Å². The van der Waals surface area contributed by atoms with Gasteiger partial charge in [0.15, 0.2) is 0 Å². The molecule has 4 unspecified atom stereocenters. The van der Waals surface area contributed by atoms with Crippen molar-refractivity contribution in [3.05, 3.63) is 0 Å². The number of hydrogen-bond acceptors (Lipinski definition) is 1.